The summed E-state index contributed by atoms with van der Waals surface area (Å²) in [5.74, 6) is -5.68. The predicted molar refractivity (Wildman–Crippen MR) is 90.9 cm³/mol. The molecule has 154 valence electrons. The molecule has 0 bridgehead atoms. The fraction of sp³-hybridized carbons (Fsp3) is 0.842. The molecular weight excluding hydrogens is 362 g/mol. The van der Waals surface area contributed by atoms with Gasteiger partial charge in [0.2, 0.25) is 0 Å². The number of hydrogen-bond acceptors (Lipinski definition) is 6. The molecule has 0 aromatic carbocycles. The molecule has 1 saturated carbocycles. The number of carbonyl (C=O) groups excluding carboxylic acids is 1. The van der Waals surface area contributed by atoms with Gasteiger partial charge in [-0.2, -0.15) is 8.78 Å². The Morgan fingerprint density at radius 1 is 1.41 bits per heavy atom. The number of hydrogen-bond donors (Lipinski definition) is 1. The van der Waals surface area contributed by atoms with Gasteiger partial charge in [0.15, 0.2) is 12.0 Å². The number of fused-ring (bicyclic) bond motifs is 1. The maximum Gasteiger partial charge on any atom is 0.310 e. The molecule has 6 nitrogen and oxygen atoms in total. The number of allylic oxidation sites excluding steroid dienone is 2. The lowest BCUT2D eigenvalue weighted by molar-refractivity contribution is -0.202. The van der Waals surface area contributed by atoms with E-state index in [2.05, 4.69) is 4.74 Å². The molecule has 0 spiro atoms. The van der Waals surface area contributed by atoms with Crippen LogP contribution in [0.1, 0.15) is 44.9 Å². The van der Waals surface area contributed by atoms with Gasteiger partial charge in [0.25, 0.3) is 0 Å². The van der Waals surface area contributed by atoms with E-state index in [1.807, 2.05) is 0 Å². The Labute approximate surface area is 157 Å². The Bertz CT molecular complexity index is 546. The Kier molecular flexibility index (Phi) is 6.70. The van der Waals surface area contributed by atoms with Crippen LogP contribution >= 0.6 is 0 Å². The molecule has 2 aliphatic heterocycles. The van der Waals surface area contributed by atoms with Gasteiger partial charge < -0.3 is 24.1 Å². The number of aliphatic hydroxyl groups excluding tert-OH is 1. The van der Waals surface area contributed by atoms with Crippen LogP contribution in [0.5, 0.6) is 0 Å². The Morgan fingerprint density at radius 2 is 2.22 bits per heavy atom. The van der Waals surface area contributed by atoms with E-state index in [1.54, 1.807) is 0 Å². The van der Waals surface area contributed by atoms with Gasteiger partial charge in [0.05, 0.1) is 19.1 Å². The molecule has 5 unspecified atom stereocenters. The largest absolute Gasteiger partial charge is 0.488 e. The monoisotopic (exact) mass is 390 g/mol. The van der Waals surface area contributed by atoms with Crippen molar-refractivity contribution >= 4 is 5.97 Å². The lowest BCUT2D eigenvalue weighted by Gasteiger charge is -2.30. The van der Waals surface area contributed by atoms with E-state index in [0.29, 0.717) is 25.9 Å². The Morgan fingerprint density at radius 3 is 2.89 bits per heavy atom. The number of carbonyl (C=O) groups is 1. The van der Waals surface area contributed by atoms with Crippen molar-refractivity contribution in [2.45, 2.75) is 69.4 Å². The average Bonchev–Trinajstić information content (AvgIpc) is 3.13. The van der Waals surface area contributed by atoms with Crippen molar-refractivity contribution in [1.29, 1.82) is 0 Å². The van der Waals surface area contributed by atoms with Crippen molar-refractivity contribution in [2.75, 3.05) is 20.3 Å². The standard InChI is InChI=1S/C19H28F2O6/c1-24-16(23)7-3-2-6-15-19(20,21)18-12(11-22)13(10-14(18)26-15)27-17-8-4-5-9-25-17/h6,12-14,17-18,22H,2-5,7-11H2,1H3. The molecule has 0 aromatic rings. The van der Waals surface area contributed by atoms with Gasteiger partial charge in [-0.25, -0.2) is 0 Å². The van der Waals surface area contributed by atoms with Gasteiger partial charge in [0, 0.05) is 32.0 Å². The first-order valence-corrected chi connectivity index (χ1v) is 9.67. The summed E-state index contributed by atoms with van der Waals surface area (Å²) in [5.41, 5.74) is 0. The van der Waals surface area contributed by atoms with E-state index in [9.17, 15) is 18.7 Å². The van der Waals surface area contributed by atoms with E-state index in [0.717, 1.165) is 19.3 Å². The predicted octanol–water partition coefficient (Wildman–Crippen LogP) is 2.79. The summed E-state index contributed by atoms with van der Waals surface area (Å²) < 4.78 is 51.4. The summed E-state index contributed by atoms with van der Waals surface area (Å²) >= 11 is 0. The van der Waals surface area contributed by atoms with Crippen LogP contribution in [-0.4, -0.2) is 55.8 Å². The molecule has 8 heteroatoms. The van der Waals surface area contributed by atoms with Crippen LogP contribution in [0.3, 0.4) is 0 Å². The molecule has 1 N–H and O–H groups in total. The SMILES string of the molecule is COC(=O)CCCC=C1OC2CC(OC3CCCCO3)C(CO)C2C1(F)F. The molecule has 2 heterocycles. The van der Waals surface area contributed by atoms with E-state index in [4.69, 9.17) is 14.2 Å². The summed E-state index contributed by atoms with van der Waals surface area (Å²) in [6, 6.07) is 0. The van der Waals surface area contributed by atoms with Gasteiger partial charge in [-0.15, -0.1) is 0 Å². The number of alkyl halides is 2. The number of ether oxygens (including phenoxy) is 4. The van der Waals surface area contributed by atoms with E-state index >= 15 is 0 Å². The van der Waals surface area contributed by atoms with E-state index in [1.165, 1.54) is 13.2 Å². The van der Waals surface area contributed by atoms with Crippen LogP contribution in [0.15, 0.2) is 11.8 Å². The quantitative estimate of drug-likeness (QED) is 0.532. The normalized spacial score (nSPS) is 36.4. The maximum absolute atomic E-state index is 14.9. The number of methoxy groups -OCH3 is 1. The fourth-order valence-corrected chi connectivity index (χ4v) is 4.25. The molecule has 27 heavy (non-hydrogen) atoms. The zero-order valence-electron chi connectivity index (χ0n) is 15.6. The lowest BCUT2D eigenvalue weighted by atomic mass is 9.89. The van der Waals surface area contributed by atoms with Crippen molar-refractivity contribution in [1.82, 2.24) is 0 Å². The third kappa shape index (κ3) is 4.43. The molecule has 5 atom stereocenters. The van der Waals surface area contributed by atoms with Crippen molar-refractivity contribution in [3.8, 4) is 0 Å². The van der Waals surface area contributed by atoms with Crippen molar-refractivity contribution in [3.63, 3.8) is 0 Å². The number of rotatable bonds is 7. The molecule has 3 aliphatic rings. The molecule has 0 aromatic heterocycles. The summed E-state index contributed by atoms with van der Waals surface area (Å²) in [7, 11) is 1.29. The van der Waals surface area contributed by atoms with Crippen LogP contribution in [0.4, 0.5) is 8.78 Å². The first-order chi connectivity index (χ1) is 13.0. The molecule has 1 aliphatic carbocycles. The van der Waals surface area contributed by atoms with Crippen LogP contribution in [0.25, 0.3) is 0 Å². The summed E-state index contributed by atoms with van der Waals surface area (Å²) in [4.78, 5) is 11.1. The summed E-state index contributed by atoms with van der Waals surface area (Å²) in [6.07, 6.45) is 3.70. The Hall–Kier alpha value is -1.25. The zero-order valence-corrected chi connectivity index (χ0v) is 15.6. The number of halogens is 2. The summed E-state index contributed by atoms with van der Waals surface area (Å²) in [5, 5.41) is 9.75. The van der Waals surface area contributed by atoms with E-state index in [-0.39, 0.29) is 24.8 Å². The van der Waals surface area contributed by atoms with Crippen LogP contribution in [0.2, 0.25) is 0 Å². The highest BCUT2D eigenvalue weighted by molar-refractivity contribution is 5.69. The smallest absolute Gasteiger partial charge is 0.310 e. The Balaban J connectivity index is 1.61. The van der Waals surface area contributed by atoms with Gasteiger partial charge in [-0.1, -0.05) is 0 Å². The third-order valence-corrected chi connectivity index (χ3v) is 5.65. The van der Waals surface area contributed by atoms with E-state index < -0.39 is 36.3 Å². The molecular formula is C19H28F2O6. The maximum atomic E-state index is 14.9. The van der Waals surface area contributed by atoms with Crippen LogP contribution in [0, 0.1) is 11.8 Å². The highest BCUT2D eigenvalue weighted by Gasteiger charge is 2.64. The van der Waals surface area contributed by atoms with Crippen molar-refractivity contribution in [3.05, 3.63) is 11.8 Å². The first kappa shape index (κ1) is 20.5. The second-order valence-electron chi connectivity index (χ2n) is 7.39. The number of aliphatic hydroxyl groups is 1. The molecule has 3 rings (SSSR count). The van der Waals surface area contributed by atoms with Gasteiger partial charge in [-0.3, -0.25) is 4.79 Å². The minimum atomic E-state index is -3.16. The molecule has 2 saturated heterocycles. The van der Waals surface area contributed by atoms with Gasteiger partial charge in [-0.05, 0) is 38.2 Å². The zero-order chi connectivity index (χ0) is 19.4. The second kappa shape index (κ2) is 8.84. The number of esters is 1. The van der Waals surface area contributed by atoms with Crippen LogP contribution in [-0.2, 0) is 23.7 Å². The molecule has 0 radical (unpaired) electrons. The van der Waals surface area contributed by atoms with Crippen LogP contribution < -0.4 is 0 Å². The van der Waals surface area contributed by atoms with Gasteiger partial charge >= 0.3 is 11.9 Å². The highest BCUT2D eigenvalue weighted by atomic mass is 19.3. The number of unbranched alkanes of at least 4 members (excludes halogenated alkanes) is 1. The topological polar surface area (TPSA) is 74.2 Å². The first-order valence-electron chi connectivity index (χ1n) is 9.67. The van der Waals surface area contributed by atoms with Crippen molar-refractivity contribution in [2.24, 2.45) is 11.8 Å². The van der Waals surface area contributed by atoms with Crippen molar-refractivity contribution < 1.29 is 37.6 Å². The second-order valence-corrected chi connectivity index (χ2v) is 7.39. The minimum absolute atomic E-state index is 0.176. The highest BCUT2D eigenvalue weighted by Crippen LogP contribution is 2.54. The molecule has 3 fully saturated rings. The molecule has 0 amide bonds. The third-order valence-electron chi connectivity index (χ3n) is 5.65. The minimum Gasteiger partial charge on any atom is -0.488 e. The lowest BCUT2D eigenvalue weighted by Crippen LogP contribution is -2.38. The van der Waals surface area contributed by atoms with Gasteiger partial charge in [0.1, 0.15) is 6.10 Å². The summed E-state index contributed by atoms with van der Waals surface area (Å²) in [6.45, 7) is 0.228. The average molecular weight is 390 g/mol. The fourth-order valence-electron chi connectivity index (χ4n) is 4.25.